The van der Waals surface area contributed by atoms with E-state index in [2.05, 4.69) is 10.6 Å². The van der Waals surface area contributed by atoms with Gasteiger partial charge in [-0.3, -0.25) is 19.8 Å². The summed E-state index contributed by atoms with van der Waals surface area (Å²) in [6.07, 6.45) is 0. The van der Waals surface area contributed by atoms with Gasteiger partial charge in [-0.25, -0.2) is 0 Å². The molecule has 35 heavy (non-hydrogen) atoms. The van der Waals surface area contributed by atoms with Gasteiger partial charge < -0.3 is 25.5 Å². The highest BCUT2D eigenvalue weighted by molar-refractivity contribution is 6.08. The number of carbonyl (C=O) groups is 3. The number of carboxylic acids is 1. The van der Waals surface area contributed by atoms with Crippen LogP contribution >= 0.6 is 0 Å². The third-order valence-corrected chi connectivity index (χ3v) is 6.02. The number of hydrogen-bond donors (Lipinski definition) is 4. The molecule has 0 radical (unpaired) electrons. The second-order valence-corrected chi connectivity index (χ2v) is 9.89. The van der Waals surface area contributed by atoms with Crippen molar-refractivity contribution < 1.29 is 19.5 Å². The van der Waals surface area contributed by atoms with Crippen LogP contribution in [0.2, 0.25) is 0 Å². The summed E-state index contributed by atoms with van der Waals surface area (Å²) in [4.78, 5) is 40.2. The smallest absolute Gasteiger partial charge is 0.322 e. The maximum atomic E-state index is 13.2. The largest absolute Gasteiger partial charge is 0.480 e. The number of amidine groups is 1. The van der Waals surface area contributed by atoms with Gasteiger partial charge in [0.1, 0.15) is 12.4 Å². The van der Waals surface area contributed by atoms with Gasteiger partial charge in [0, 0.05) is 50.2 Å². The third-order valence-electron chi connectivity index (χ3n) is 6.02. The van der Waals surface area contributed by atoms with Gasteiger partial charge in [0.05, 0.1) is 12.1 Å². The molecule has 0 fully saturated rings. The van der Waals surface area contributed by atoms with E-state index in [4.69, 9.17) is 10.5 Å². The number of ketones is 1. The van der Waals surface area contributed by atoms with Crippen molar-refractivity contribution in [2.45, 2.75) is 32.7 Å². The van der Waals surface area contributed by atoms with Crippen LogP contribution in [0.4, 0.5) is 11.4 Å². The molecule has 4 N–H and O–H groups in total. The first kappa shape index (κ1) is 25.7. The summed E-state index contributed by atoms with van der Waals surface area (Å²) in [6, 6.07) is 8.84. The Morgan fingerprint density at radius 2 is 1.83 bits per heavy atom. The summed E-state index contributed by atoms with van der Waals surface area (Å²) >= 11 is 0. The summed E-state index contributed by atoms with van der Waals surface area (Å²) in [5.41, 5.74) is 4.47. The third kappa shape index (κ3) is 5.45. The molecule has 0 aromatic heterocycles. The number of amides is 1. The van der Waals surface area contributed by atoms with Gasteiger partial charge in [0.25, 0.3) is 5.91 Å². The number of fused-ring (bicyclic) bond motifs is 1. The van der Waals surface area contributed by atoms with Gasteiger partial charge in [-0.05, 0) is 46.9 Å². The lowest BCUT2D eigenvalue weighted by atomic mass is 9.84. The average molecular weight is 480 g/mol. The average Bonchev–Trinajstić information content (AvgIpc) is 3.09. The monoisotopic (exact) mass is 479 g/mol. The van der Waals surface area contributed by atoms with E-state index in [0.29, 0.717) is 28.9 Å². The number of hydrogen-bond acceptors (Lipinski definition) is 6. The van der Waals surface area contributed by atoms with E-state index in [1.807, 2.05) is 45.8 Å². The van der Waals surface area contributed by atoms with Crippen molar-refractivity contribution in [2.75, 3.05) is 44.4 Å². The van der Waals surface area contributed by atoms with Gasteiger partial charge in [-0.15, -0.1) is 0 Å². The predicted octanol–water partition coefficient (Wildman–Crippen LogP) is 2.93. The lowest BCUT2D eigenvalue weighted by Gasteiger charge is -2.24. The lowest BCUT2D eigenvalue weighted by Crippen LogP contribution is -2.30. The Labute approximate surface area is 205 Å². The standard InChI is InChI=1S/C26H33N5O4/c1-26(2,3)19-9-15(7-8-20(19)29-12-23(33)34)22(32)14-31-13-16-10-21(30(5)6)18(25(35)28-4)11-17(16)24(31)27/h7-11,27,29H,12-14H2,1-6H3,(H,28,35)(H,33,34). The maximum absolute atomic E-state index is 13.2. The van der Waals surface area contributed by atoms with Crippen LogP contribution in [0.5, 0.6) is 0 Å². The number of rotatable bonds is 8. The molecule has 2 aromatic rings. The lowest BCUT2D eigenvalue weighted by molar-refractivity contribution is -0.134. The Balaban J connectivity index is 1.86. The fourth-order valence-corrected chi connectivity index (χ4v) is 4.19. The SMILES string of the molecule is CNC(=O)c1cc2c(cc1N(C)C)CN(CC(=O)c1ccc(NCC(=O)O)c(C(C)(C)C)c1)C2=N. The Morgan fingerprint density at radius 1 is 1.14 bits per heavy atom. The molecule has 2 aromatic carbocycles. The molecule has 0 saturated heterocycles. The minimum Gasteiger partial charge on any atom is -0.480 e. The fourth-order valence-electron chi connectivity index (χ4n) is 4.19. The van der Waals surface area contributed by atoms with Crippen molar-refractivity contribution in [2.24, 2.45) is 0 Å². The van der Waals surface area contributed by atoms with E-state index >= 15 is 0 Å². The molecule has 9 heteroatoms. The number of Topliss-reactive ketones (excluding diaryl/α,β-unsaturated/α-hetero) is 1. The van der Waals surface area contributed by atoms with E-state index in [1.54, 1.807) is 36.2 Å². The molecule has 0 saturated carbocycles. The molecule has 1 aliphatic rings. The predicted molar refractivity (Wildman–Crippen MR) is 137 cm³/mol. The number of benzene rings is 2. The van der Waals surface area contributed by atoms with Crippen molar-refractivity contribution in [1.82, 2.24) is 10.2 Å². The van der Waals surface area contributed by atoms with Crippen molar-refractivity contribution in [3.05, 3.63) is 58.1 Å². The second kappa shape index (κ2) is 9.77. The quantitative estimate of drug-likeness (QED) is 0.429. The van der Waals surface area contributed by atoms with Crippen molar-refractivity contribution in [1.29, 1.82) is 5.41 Å². The van der Waals surface area contributed by atoms with E-state index in [0.717, 1.165) is 16.8 Å². The molecule has 0 spiro atoms. The van der Waals surface area contributed by atoms with Gasteiger partial charge in [0.15, 0.2) is 5.78 Å². The molecule has 1 heterocycles. The van der Waals surface area contributed by atoms with Gasteiger partial charge in [-0.1, -0.05) is 20.8 Å². The molecule has 0 aliphatic carbocycles. The van der Waals surface area contributed by atoms with Crippen molar-refractivity contribution in [3.63, 3.8) is 0 Å². The van der Waals surface area contributed by atoms with Crippen molar-refractivity contribution in [3.8, 4) is 0 Å². The number of aliphatic carboxylic acids is 1. The number of anilines is 2. The molecule has 3 rings (SSSR count). The van der Waals surface area contributed by atoms with Gasteiger partial charge in [-0.2, -0.15) is 0 Å². The summed E-state index contributed by atoms with van der Waals surface area (Å²) < 4.78 is 0. The van der Waals surface area contributed by atoms with Gasteiger partial charge in [0.2, 0.25) is 0 Å². The number of carboxylic acid groups (broad SMARTS) is 1. The van der Waals surface area contributed by atoms with Crippen LogP contribution in [0.3, 0.4) is 0 Å². The summed E-state index contributed by atoms with van der Waals surface area (Å²) in [6.45, 7) is 6.21. The highest BCUT2D eigenvalue weighted by Gasteiger charge is 2.29. The Hall–Kier alpha value is -3.88. The van der Waals surface area contributed by atoms with E-state index < -0.39 is 5.97 Å². The highest BCUT2D eigenvalue weighted by atomic mass is 16.4. The van der Waals surface area contributed by atoms with Crippen LogP contribution in [-0.4, -0.2) is 67.7 Å². The second-order valence-electron chi connectivity index (χ2n) is 9.89. The number of nitrogens with zero attached hydrogens (tertiary/aromatic N) is 2. The molecule has 1 amide bonds. The molecule has 9 nitrogen and oxygen atoms in total. The first-order valence-corrected chi connectivity index (χ1v) is 11.4. The van der Waals surface area contributed by atoms with E-state index in [-0.39, 0.29) is 36.0 Å². The first-order valence-electron chi connectivity index (χ1n) is 11.4. The van der Waals surface area contributed by atoms with Crippen LogP contribution in [0.15, 0.2) is 30.3 Å². The van der Waals surface area contributed by atoms with Crippen molar-refractivity contribution >= 4 is 34.9 Å². The summed E-state index contributed by atoms with van der Waals surface area (Å²) in [5.74, 6) is -1.13. The zero-order valence-electron chi connectivity index (χ0n) is 21.1. The van der Waals surface area contributed by atoms with Crippen LogP contribution in [-0.2, 0) is 16.8 Å². The molecule has 1 aliphatic heterocycles. The van der Waals surface area contributed by atoms with Crippen LogP contribution < -0.4 is 15.5 Å². The topological polar surface area (TPSA) is 126 Å². The first-order chi connectivity index (χ1) is 16.3. The number of nitrogens with one attached hydrogen (secondary N) is 3. The fraction of sp³-hybridized carbons (Fsp3) is 0.385. The van der Waals surface area contributed by atoms with Crippen LogP contribution in [0.1, 0.15) is 58.2 Å². The molecular weight excluding hydrogens is 446 g/mol. The van der Waals surface area contributed by atoms with E-state index in [1.165, 1.54) is 0 Å². The zero-order chi connectivity index (χ0) is 26.1. The van der Waals surface area contributed by atoms with Crippen LogP contribution in [0, 0.1) is 5.41 Å². The molecule has 186 valence electrons. The molecule has 0 atom stereocenters. The minimum atomic E-state index is -0.964. The number of carbonyl (C=O) groups excluding carboxylic acids is 2. The maximum Gasteiger partial charge on any atom is 0.322 e. The molecule has 0 unspecified atom stereocenters. The molecular formula is C26H33N5O4. The summed E-state index contributed by atoms with van der Waals surface area (Å²) in [5, 5.41) is 23.2. The Morgan fingerprint density at radius 3 is 2.40 bits per heavy atom. The highest BCUT2D eigenvalue weighted by Crippen LogP contribution is 2.32. The van der Waals surface area contributed by atoms with Crippen LogP contribution in [0.25, 0.3) is 0 Å². The zero-order valence-corrected chi connectivity index (χ0v) is 21.1. The minimum absolute atomic E-state index is 0.0194. The van der Waals surface area contributed by atoms with E-state index in [9.17, 15) is 14.4 Å². The van der Waals surface area contributed by atoms with Gasteiger partial charge >= 0.3 is 5.97 Å². The Kier molecular flexibility index (Phi) is 7.19. The Bertz CT molecular complexity index is 1200. The normalized spacial score (nSPS) is 12.9. The summed E-state index contributed by atoms with van der Waals surface area (Å²) in [7, 11) is 5.29. The molecule has 0 bridgehead atoms.